The topological polar surface area (TPSA) is 108 Å². The fourth-order valence-corrected chi connectivity index (χ4v) is 4.16. The molecule has 1 aliphatic rings. The van der Waals surface area contributed by atoms with E-state index in [1.807, 2.05) is 0 Å². The van der Waals surface area contributed by atoms with Crippen LogP contribution in [0.25, 0.3) is 0 Å². The van der Waals surface area contributed by atoms with Crippen molar-refractivity contribution in [2.75, 3.05) is 10.6 Å². The zero-order chi connectivity index (χ0) is 18.0. The average molecular weight is 356 g/mol. The van der Waals surface area contributed by atoms with Crippen molar-refractivity contribution in [2.24, 2.45) is 0 Å². The molecule has 3 rings (SSSR count). The second kappa shape index (κ2) is 6.91. The van der Waals surface area contributed by atoms with Crippen LogP contribution in [0.1, 0.15) is 34.4 Å². The number of carbonyl (C=O) groups is 1. The number of nitrogens with one attached hydrogen (secondary N) is 2. The van der Waals surface area contributed by atoms with Gasteiger partial charge in [-0.1, -0.05) is 6.07 Å². The molecule has 2 aromatic rings. The van der Waals surface area contributed by atoms with Gasteiger partial charge in [0.2, 0.25) is 0 Å². The van der Waals surface area contributed by atoms with Crippen molar-refractivity contribution in [3.8, 4) is 6.07 Å². The predicted octanol–water partition coefficient (Wildman–Crippen LogP) is 4.36. The number of amides is 2. The van der Waals surface area contributed by atoms with Gasteiger partial charge in [-0.05, 0) is 49.8 Å². The maximum absolute atomic E-state index is 12.3. The minimum atomic E-state index is -0.595. The highest BCUT2D eigenvalue weighted by Crippen LogP contribution is 2.37. The van der Waals surface area contributed by atoms with Gasteiger partial charge in [-0.2, -0.15) is 5.26 Å². The summed E-state index contributed by atoms with van der Waals surface area (Å²) < 4.78 is 0. The van der Waals surface area contributed by atoms with Gasteiger partial charge in [0, 0.05) is 10.9 Å². The molecular weight excluding hydrogens is 340 g/mol. The Morgan fingerprint density at radius 1 is 1.32 bits per heavy atom. The van der Waals surface area contributed by atoms with Crippen molar-refractivity contribution in [3.63, 3.8) is 0 Å². The zero-order valence-electron chi connectivity index (χ0n) is 13.6. The predicted molar refractivity (Wildman–Crippen MR) is 96.2 cm³/mol. The third kappa shape index (κ3) is 3.46. The van der Waals surface area contributed by atoms with Crippen LogP contribution in [-0.4, -0.2) is 11.0 Å². The third-order valence-electron chi connectivity index (χ3n) is 4.11. The molecule has 0 fully saturated rings. The number of fused-ring (bicyclic) bond motifs is 1. The Labute approximate surface area is 148 Å². The van der Waals surface area contributed by atoms with E-state index in [2.05, 4.69) is 16.7 Å². The molecule has 0 atom stereocenters. The lowest BCUT2D eigenvalue weighted by Crippen LogP contribution is -2.20. The monoisotopic (exact) mass is 356 g/mol. The lowest BCUT2D eigenvalue weighted by Gasteiger charge is -2.09. The standard InChI is InChI=1S/C17H16N4O3S/c1-10-6-7-13(14(8-10)21(23)24)19-17(22)20-16-12(9-18)11-4-2-3-5-15(11)25-16/h6-8H,2-5H2,1H3,(H2,19,20,22). The van der Waals surface area contributed by atoms with Crippen LogP contribution in [-0.2, 0) is 12.8 Å². The van der Waals surface area contributed by atoms with E-state index in [0.29, 0.717) is 10.6 Å². The molecule has 0 spiro atoms. The molecule has 1 aromatic carbocycles. The molecule has 8 heteroatoms. The highest BCUT2D eigenvalue weighted by Gasteiger charge is 2.22. The van der Waals surface area contributed by atoms with Gasteiger partial charge in [-0.25, -0.2) is 4.79 Å². The van der Waals surface area contributed by atoms with Crippen LogP contribution >= 0.6 is 11.3 Å². The maximum atomic E-state index is 12.3. The first kappa shape index (κ1) is 16.9. The Kier molecular flexibility index (Phi) is 4.67. The molecule has 0 saturated carbocycles. The average Bonchev–Trinajstić information content (AvgIpc) is 2.93. The zero-order valence-corrected chi connectivity index (χ0v) is 14.4. The van der Waals surface area contributed by atoms with E-state index in [1.165, 1.54) is 23.5 Å². The first-order chi connectivity index (χ1) is 12.0. The molecule has 1 aliphatic carbocycles. The molecule has 2 amide bonds. The first-order valence-corrected chi connectivity index (χ1v) is 8.69. The minimum absolute atomic E-state index is 0.118. The van der Waals surface area contributed by atoms with Crippen molar-refractivity contribution >= 4 is 33.7 Å². The fourth-order valence-electron chi connectivity index (χ4n) is 2.93. The van der Waals surface area contributed by atoms with Crippen molar-refractivity contribution in [1.82, 2.24) is 0 Å². The van der Waals surface area contributed by atoms with Gasteiger partial charge in [-0.15, -0.1) is 11.3 Å². The van der Waals surface area contributed by atoms with Crippen molar-refractivity contribution in [2.45, 2.75) is 32.6 Å². The molecule has 2 N–H and O–H groups in total. The summed E-state index contributed by atoms with van der Waals surface area (Å²) in [6, 6.07) is 6.16. The summed E-state index contributed by atoms with van der Waals surface area (Å²) in [6.07, 6.45) is 3.89. The van der Waals surface area contributed by atoms with Gasteiger partial charge in [0.25, 0.3) is 5.69 Å². The lowest BCUT2D eigenvalue weighted by atomic mass is 9.96. The van der Waals surface area contributed by atoms with Crippen LogP contribution in [0.3, 0.4) is 0 Å². The number of nitriles is 1. The van der Waals surface area contributed by atoms with Crippen LogP contribution in [0.5, 0.6) is 0 Å². The van der Waals surface area contributed by atoms with Gasteiger partial charge >= 0.3 is 6.03 Å². The lowest BCUT2D eigenvalue weighted by molar-refractivity contribution is -0.384. The van der Waals surface area contributed by atoms with Gasteiger partial charge in [0.1, 0.15) is 16.8 Å². The number of anilines is 2. The van der Waals surface area contributed by atoms with Gasteiger partial charge < -0.3 is 5.32 Å². The van der Waals surface area contributed by atoms with E-state index in [0.717, 1.165) is 41.7 Å². The van der Waals surface area contributed by atoms with E-state index in [-0.39, 0.29) is 11.4 Å². The second-order valence-electron chi connectivity index (χ2n) is 5.88. The Hall–Kier alpha value is -2.92. The first-order valence-electron chi connectivity index (χ1n) is 7.87. The molecular formula is C17H16N4O3S. The molecule has 0 aliphatic heterocycles. The fraction of sp³-hybridized carbons (Fsp3) is 0.294. The van der Waals surface area contributed by atoms with Crippen LogP contribution in [0.15, 0.2) is 18.2 Å². The summed E-state index contributed by atoms with van der Waals surface area (Å²) >= 11 is 1.41. The van der Waals surface area contributed by atoms with E-state index in [9.17, 15) is 20.2 Å². The van der Waals surface area contributed by atoms with Crippen LogP contribution < -0.4 is 10.6 Å². The number of rotatable bonds is 3. The summed E-state index contributed by atoms with van der Waals surface area (Å²) in [6.45, 7) is 1.74. The Bertz CT molecular complexity index is 898. The molecule has 1 heterocycles. The number of carbonyl (C=O) groups excluding carboxylic acids is 1. The normalized spacial score (nSPS) is 12.8. The molecule has 128 valence electrons. The minimum Gasteiger partial charge on any atom is -0.302 e. The van der Waals surface area contributed by atoms with E-state index < -0.39 is 11.0 Å². The summed E-state index contributed by atoms with van der Waals surface area (Å²) in [7, 11) is 0. The van der Waals surface area contributed by atoms with Gasteiger partial charge in [0.05, 0.1) is 10.5 Å². The van der Waals surface area contributed by atoms with Crippen LogP contribution in [0, 0.1) is 28.4 Å². The third-order valence-corrected chi connectivity index (χ3v) is 5.32. The van der Waals surface area contributed by atoms with Crippen LogP contribution in [0.2, 0.25) is 0 Å². The number of thiophene rings is 1. The number of urea groups is 1. The molecule has 1 aromatic heterocycles. The molecule has 25 heavy (non-hydrogen) atoms. The molecule has 7 nitrogen and oxygen atoms in total. The van der Waals surface area contributed by atoms with Crippen molar-refractivity contribution < 1.29 is 9.72 Å². The Morgan fingerprint density at radius 2 is 2.08 bits per heavy atom. The van der Waals surface area contributed by atoms with E-state index >= 15 is 0 Å². The van der Waals surface area contributed by atoms with Crippen molar-refractivity contribution in [3.05, 3.63) is 49.9 Å². The Balaban J connectivity index is 1.82. The Morgan fingerprint density at radius 3 is 2.80 bits per heavy atom. The summed E-state index contributed by atoms with van der Waals surface area (Å²) in [5, 5.41) is 26.2. The molecule has 0 radical (unpaired) electrons. The maximum Gasteiger partial charge on any atom is 0.324 e. The number of nitrogens with zero attached hydrogens (tertiary/aromatic N) is 2. The number of nitro benzene ring substituents is 1. The molecule has 0 unspecified atom stereocenters. The number of hydrogen-bond donors (Lipinski definition) is 2. The van der Waals surface area contributed by atoms with Crippen LogP contribution in [0.4, 0.5) is 21.2 Å². The van der Waals surface area contributed by atoms with E-state index in [4.69, 9.17) is 0 Å². The SMILES string of the molecule is Cc1ccc(NC(=O)Nc2sc3c(c2C#N)CCCC3)c([N+](=O)[O-])c1. The van der Waals surface area contributed by atoms with Gasteiger partial charge in [-0.3, -0.25) is 15.4 Å². The number of hydrogen-bond acceptors (Lipinski definition) is 5. The number of aryl methyl sites for hydroxylation is 2. The summed E-state index contributed by atoms with van der Waals surface area (Å²) in [4.78, 5) is 24.0. The smallest absolute Gasteiger partial charge is 0.302 e. The molecule has 0 saturated heterocycles. The molecule has 0 bridgehead atoms. The van der Waals surface area contributed by atoms with Gasteiger partial charge in [0.15, 0.2) is 0 Å². The summed E-state index contributed by atoms with van der Waals surface area (Å²) in [5.74, 6) is 0. The summed E-state index contributed by atoms with van der Waals surface area (Å²) in [5.41, 5.74) is 2.22. The number of nitro groups is 1. The second-order valence-corrected chi connectivity index (χ2v) is 6.99. The van der Waals surface area contributed by atoms with E-state index in [1.54, 1.807) is 13.0 Å². The highest BCUT2D eigenvalue weighted by atomic mass is 32.1. The number of benzene rings is 1. The highest BCUT2D eigenvalue weighted by molar-refractivity contribution is 7.16. The quantitative estimate of drug-likeness (QED) is 0.629. The van der Waals surface area contributed by atoms with Crippen molar-refractivity contribution in [1.29, 1.82) is 5.26 Å². The largest absolute Gasteiger partial charge is 0.324 e.